The summed E-state index contributed by atoms with van der Waals surface area (Å²) in [5, 5.41) is 8.64. The van der Waals surface area contributed by atoms with Gasteiger partial charge in [-0.3, -0.25) is 14.5 Å². The van der Waals surface area contributed by atoms with Gasteiger partial charge in [0, 0.05) is 19.0 Å². The van der Waals surface area contributed by atoms with E-state index in [1.165, 1.54) is 11.8 Å². The van der Waals surface area contributed by atoms with Gasteiger partial charge in [0.2, 0.25) is 0 Å². The highest BCUT2D eigenvalue weighted by Gasteiger charge is 2.31. The van der Waals surface area contributed by atoms with Crippen LogP contribution in [-0.4, -0.2) is 47.0 Å². The van der Waals surface area contributed by atoms with Crippen LogP contribution in [0.15, 0.2) is 23.1 Å². The largest absolute Gasteiger partial charge is 0.497 e. The molecule has 1 aromatic rings. The maximum absolute atomic E-state index is 12.6. The molecule has 1 saturated heterocycles. The van der Waals surface area contributed by atoms with E-state index in [0.717, 1.165) is 18.4 Å². The normalized spacial score (nSPS) is 15.6. The number of thiocarbonyl (C=S) groups is 1. The fourth-order valence-electron chi connectivity index (χ4n) is 2.48. The molecule has 1 aliphatic heterocycles. The number of unbranched alkanes of at least 4 members (excludes halogenated alkanes) is 2. The first-order chi connectivity index (χ1) is 12.4. The third kappa shape index (κ3) is 5.47. The van der Waals surface area contributed by atoms with Gasteiger partial charge in [-0.1, -0.05) is 30.4 Å². The number of carbonyl (C=O) groups is 2. The molecule has 6 nitrogen and oxygen atoms in total. The van der Waals surface area contributed by atoms with Gasteiger partial charge >= 0.3 is 5.97 Å². The van der Waals surface area contributed by atoms with Crippen LogP contribution in [0.5, 0.6) is 11.5 Å². The van der Waals surface area contributed by atoms with E-state index in [1.54, 1.807) is 31.3 Å². The van der Waals surface area contributed by atoms with Crippen molar-refractivity contribution >= 4 is 46.3 Å². The van der Waals surface area contributed by atoms with Gasteiger partial charge in [0.25, 0.3) is 5.91 Å². The average molecular weight is 396 g/mol. The maximum atomic E-state index is 12.6. The second kappa shape index (κ2) is 9.59. The quantitative estimate of drug-likeness (QED) is 0.389. The van der Waals surface area contributed by atoms with Gasteiger partial charge in [0.15, 0.2) is 0 Å². The van der Waals surface area contributed by atoms with Gasteiger partial charge in [-0.2, -0.15) is 0 Å². The minimum Gasteiger partial charge on any atom is -0.497 e. The molecular formula is C18H21NO5S2. The zero-order valence-electron chi connectivity index (χ0n) is 14.7. The summed E-state index contributed by atoms with van der Waals surface area (Å²) < 4.78 is 11.0. The average Bonchev–Trinajstić information content (AvgIpc) is 2.87. The maximum Gasteiger partial charge on any atom is 0.303 e. The molecule has 0 bridgehead atoms. The molecule has 0 atom stereocenters. The fourth-order valence-corrected chi connectivity index (χ4v) is 3.79. The van der Waals surface area contributed by atoms with Crippen LogP contribution in [0, 0.1) is 0 Å². The molecule has 8 heteroatoms. The van der Waals surface area contributed by atoms with Crippen molar-refractivity contribution in [2.24, 2.45) is 0 Å². The lowest BCUT2D eigenvalue weighted by molar-refractivity contribution is -0.137. The highest BCUT2D eigenvalue weighted by Crippen LogP contribution is 2.34. The van der Waals surface area contributed by atoms with Crippen molar-refractivity contribution in [3.05, 3.63) is 28.7 Å². The molecule has 0 radical (unpaired) electrons. The van der Waals surface area contributed by atoms with Gasteiger partial charge in [-0.25, -0.2) is 0 Å². The first-order valence-corrected chi connectivity index (χ1v) is 9.37. The lowest BCUT2D eigenvalue weighted by Crippen LogP contribution is -2.29. The molecule has 1 amide bonds. The number of nitrogens with zero attached hydrogens (tertiary/aromatic N) is 1. The van der Waals surface area contributed by atoms with Crippen molar-refractivity contribution in [2.75, 3.05) is 20.8 Å². The zero-order chi connectivity index (χ0) is 19.1. The molecule has 0 saturated carbocycles. The van der Waals surface area contributed by atoms with E-state index < -0.39 is 5.97 Å². The Morgan fingerprint density at radius 1 is 1.19 bits per heavy atom. The number of hydrogen-bond donors (Lipinski definition) is 1. The molecule has 0 spiro atoms. The van der Waals surface area contributed by atoms with Crippen molar-refractivity contribution in [1.82, 2.24) is 4.90 Å². The minimum atomic E-state index is -0.799. The molecular weight excluding hydrogens is 374 g/mol. The van der Waals surface area contributed by atoms with Crippen molar-refractivity contribution < 1.29 is 24.2 Å². The highest BCUT2D eigenvalue weighted by atomic mass is 32.2. The van der Waals surface area contributed by atoms with Gasteiger partial charge < -0.3 is 14.6 Å². The summed E-state index contributed by atoms with van der Waals surface area (Å²) in [7, 11) is 3.14. The summed E-state index contributed by atoms with van der Waals surface area (Å²) in [4.78, 5) is 25.2. The minimum absolute atomic E-state index is 0.125. The Morgan fingerprint density at radius 3 is 2.42 bits per heavy atom. The third-order valence-corrected chi connectivity index (χ3v) is 5.20. The molecule has 1 aliphatic rings. The monoisotopic (exact) mass is 395 g/mol. The molecule has 140 valence electrons. The van der Waals surface area contributed by atoms with Gasteiger partial charge in [0.1, 0.15) is 15.8 Å². The van der Waals surface area contributed by atoms with Crippen LogP contribution in [0.2, 0.25) is 0 Å². The number of rotatable bonds is 9. The van der Waals surface area contributed by atoms with Gasteiger partial charge in [0.05, 0.1) is 19.1 Å². The molecule has 1 N–H and O–H groups in total. The van der Waals surface area contributed by atoms with E-state index >= 15 is 0 Å². The number of thioether (sulfide) groups is 1. The van der Waals surface area contributed by atoms with Crippen molar-refractivity contribution in [2.45, 2.75) is 25.7 Å². The smallest absolute Gasteiger partial charge is 0.303 e. The third-order valence-electron chi connectivity index (χ3n) is 3.82. The lowest BCUT2D eigenvalue weighted by atomic mass is 10.1. The van der Waals surface area contributed by atoms with Crippen LogP contribution < -0.4 is 9.47 Å². The summed E-state index contributed by atoms with van der Waals surface area (Å²) in [6, 6.07) is 5.40. The summed E-state index contributed by atoms with van der Waals surface area (Å²) >= 11 is 6.58. The second-order valence-corrected chi connectivity index (χ2v) is 7.36. The summed E-state index contributed by atoms with van der Waals surface area (Å²) in [5.41, 5.74) is 0.795. The highest BCUT2D eigenvalue weighted by molar-refractivity contribution is 8.26. The fraction of sp³-hybridized carbons (Fsp3) is 0.389. The van der Waals surface area contributed by atoms with Crippen LogP contribution in [0.25, 0.3) is 6.08 Å². The first-order valence-electron chi connectivity index (χ1n) is 8.15. The van der Waals surface area contributed by atoms with Crippen LogP contribution >= 0.6 is 24.0 Å². The number of aliphatic carboxylic acids is 1. The van der Waals surface area contributed by atoms with Crippen LogP contribution in [0.4, 0.5) is 0 Å². The van der Waals surface area contributed by atoms with Crippen molar-refractivity contribution in [3.63, 3.8) is 0 Å². The molecule has 2 rings (SSSR count). The van der Waals surface area contributed by atoms with E-state index in [2.05, 4.69) is 0 Å². The van der Waals surface area contributed by atoms with Crippen LogP contribution in [0.3, 0.4) is 0 Å². The zero-order valence-corrected chi connectivity index (χ0v) is 16.3. The van der Waals surface area contributed by atoms with E-state index in [1.807, 2.05) is 12.1 Å². The molecule has 1 heterocycles. The van der Waals surface area contributed by atoms with Crippen LogP contribution in [-0.2, 0) is 9.59 Å². The van der Waals surface area contributed by atoms with Crippen LogP contribution in [0.1, 0.15) is 31.2 Å². The van der Waals surface area contributed by atoms with Gasteiger partial charge in [-0.15, -0.1) is 0 Å². The second-order valence-electron chi connectivity index (χ2n) is 5.68. The predicted molar refractivity (Wildman–Crippen MR) is 106 cm³/mol. The summed E-state index contributed by atoms with van der Waals surface area (Å²) in [6.07, 6.45) is 3.99. The molecule has 0 unspecified atom stereocenters. The first kappa shape index (κ1) is 20.3. The van der Waals surface area contributed by atoms with Crippen molar-refractivity contribution in [3.8, 4) is 11.5 Å². The Balaban J connectivity index is 2.03. The summed E-state index contributed by atoms with van der Waals surface area (Å²) in [5.74, 6) is 0.362. The Bertz CT molecular complexity index is 710. The number of hydrogen-bond acceptors (Lipinski definition) is 6. The molecule has 0 aliphatic carbocycles. The number of ether oxygens (including phenoxy) is 2. The van der Waals surface area contributed by atoms with E-state index in [4.69, 9.17) is 26.8 Å². The Morgan fingerprint density at radius 2 is 1.85 bits per heavy atom. The molecule has 26 heavy (non-hydrogen) atoms. The number of carboxylic acids is 1. The van der Waals surface area contributed by atoms with Crippen molar-refractivity contribution in [1.29, 1.82) is 0 Å². The van der Waals surface area contributed by atoms with Gasteiger partial charge in [-0.05, 0) is 36.6 Å². The molecule has 1 aromatic carbocycles. The van der Waals surface area contributed by atoms with E-state index in [9.17, 15) is 9.59 Å². The lowest BCUT2D eigenvalue weighted by Gasteiger charge is -2.13. The standard InChI is InChI=1S/C18H21NO5S2/c1-23-13-8-12(9-14(11-13)24-2)10-15-17(22)19(18(25)26-15)7-5-3-4-6-16(20)21/h8-11H,3-7H2,1-2H3,(H,20,21)/b15-10+. The number of carboxylic acid groups (broad SMARTS) is 1. The molecule has 0 aromatic heterocycles. The Labute approximate surface area is 162 Å². The topological polar surface area (TPSA) is 76.1 Å². The number of benzene rings is 1. The van der Waals surface area contributed by atoms with E-state index in [-0.39, 0.29) is 12.3 Å². The SMILES string of the molecule is COc1cc(/C=C2/SC(=S)N(CCCCCC(=O)O)C2=O)cc(OC)c1. The number of amides is 1. The van der Waals surface area contributed by atoms with E-state index in [0.29, 0.717) is 33.7 Å². The number of carbonyl (C=O) groups excluding carboxylic acids is 1. The Hall–Kier alpha value is -2.06. The summed E-state index contributed by atoms with van der Waals surface area (Å²) in [6.45, 7) is 0.503. The predicted octanol–water partition coefficient (Wildman–Crippen LogP) is 3.55. The molecule has 1 fully saturated rings. The Kier molecular flexibility index (Phi) is 7.47. The number of methoxy groups -OCH3 is 2.